The van der Waals surface area contributed by atoms with Crippen LogP contribution in [0.25, 0.3) is 0 Å². The molecule has 1 aliphatic heterocycles. The summed E-state index contributed by atoms with van der Waals surface area (Å²) in [5.41, 5.74) is 0.914. The number of fused-ring (bicyclic) bond motifs is 2. The first kappa shape index (κ1) is 30.8. The highest BCUT2D eigenvalue weighted by molar-refractivity contribution is 6.32. The van der Waals surface area contributed by atoms with Crippen LogP contribution in [-0.2, 0) is 21.6 Å². The van der Waals surface area contributed by atoms with Crippen molar-refractivity contribution < 1.29 is 38.0 Å². The Morgan fingerprint density at radius 1 is 1.14 bits per heavy atom. The average molecular weight is 611 g/mol. The first-order valence-electron chi connectivity index (χ1n) is 14.6. The van der Waals surface area contributed by atoms with Gasteiger partial charge in [-0.25, -0.2) is 9.18 Å². The van der Waals surface area contributed by atoms with Gasteiger partial charge in [0.05, 0.1) is 29.2 Å². The average Bonchev–Trinajstić information content (AvgIpc) is 2.97. The number of rotatable bonds is 7. The second-order valence-electron chi connectivity index (χ2n) is 11.7. The molecule has 43 heavy (non-hydrogen) atoms. The zero-order chi connectivity index (χ0) is 30.9. The first-order chi connectivity index (χ1) is 20.6. The number of hydrogen-bond donors (Lipinski definition) is 1. The molecule has 2 aliphatic rings. The van der Waals surface area contributed by atoms with Crippen LogP contribution >= 0.6 is 11.6 Å². The number of benzene rings is 3. The number of cyclic esters (lactones) is 1. The molecule has 1 N–H and O–H groups in total. The highest BCUT2D eigenvalue weighted by atomic mass is 35.5. The maximum Gasteiger partial charge on any atom is 0.346 e. The summed E-state index contributed by atoms with van der Waals surface area (Å²) < 4.78 is 38.0. The molecule has 7 nitrogen and oxygen atoms in total. The molecule has 1 atom stereocenters. The van der Waals surface area contributed by atoms with Crippen LogP contribution in [0.5, 0.6) is 23.0 Å². The Hall–Kier alpha value is -3.62. The summed E-state index contributed by atoms with van der Waals surface area (Å²) in [4.78, 5) is 27.4. The van der Waals surface area contributed by atoms with E-state index < -0.39 is 29.3 Å². The van der Waals surface area contributed by atoms with Gasteiger partial charge in [0, 0.05) is 5.56 Å². The Morgan fingerprint density at radius 2 is 1.88 bits per heavy atom. The van der Waals surface area contributed by atoms with Crippen LogP contribution in [0.4, 0.5) is 4.39 Å². The Bertz CT molecular complexity index is 1540. The molecule has 0 saturated heterocycles. The number of carbonyl (C=O) groups is 2. The lowest BCUT2D eigenvalue weighted by atomic mass is 9.69. The maximum atomic E-state index is 14.3. The Balaban J connectivity index is 1.59. The van der Waals surface area contributed by atoms with Crippen molar-refractivity contribution in [1.29, 1.82) is 0 Å². The van der Waals surface area contributed by atoms with Crippen LogP contribution in [-0.4, -0.2) is 24.2 Å². The van der Waals surface area contributed by atoms with Gasteiger partial charge in [0.25, 0.3) is 0 Å². The van der Waals surface area contributed by atoms with Crippen LogP contribution in [0.2, 0.25) is 5.02 Å². The third kappa shape index (κ3) is 5.95. The van der Waals surface area contributed by atoms with Gasteiger partial charge in [-0.2, -0.15) is 0 Å². The van der Waals surface area contributed by atoms with E-state index in [0.717, 1.165) is 19.3 Å². The summed E-state index contributed by atoms with van der Waals surface area (Å²) in [6, 6.07) is 10.9. The zero-order valence-electron chi connectivity index (χ0n) is 24.8. The Labute approximate surface area is 255 Å². The van der Waals surface area contributed by atoms with Crippen molar-refractivity contribution in [1.82, 2.24) is 0 Å². The van der Waals surface area contributed by atoms with Crippen molar-refractivity contribution in [3.63, 3.8) is 0 Å². The molecular weight excluding hydrogens is 575 g/mol. The molecule has 1 aliphatic carbocycles. The summed E-state index contributed by atoms with van der Waals surface area (Å²) in [6.07, 6.45) is 3.18. The molecule has 228 valence electrons. The lowest BCUT2D eigenvalue weighted by molar-refractivity contribution is -0.142. The number of hydrogen-bond acceptors (Lipinski definition) is 7. The third-order valence-corrected chi connectivity index (χ3v) is 8.83. The minimum absolute atomic E-state index is 0.00550. The predicted molar refractivity (Wildman–Crippen MR) is 160 cm³/mol. The fraction of sp³-hybridized carbons (Fsp3) is 0.412. The zero-order valence-corrected chi connectivity index (χ0v) is 25.6. The van der Waals surface area contributed by atoms with Gasteiger partial charge in [-0.15, -0.1) is 0 Å². The fourth-order valence-electron chi connectivity index (χ4n) is 6.11. The lowest BCUT2D eigenvalue weighted by Gasteiger charge is -2.35. The predicted octanol–water partition coefficient (Wildman–Crippen LogP) is 8.15. The van der Waals surface area contributed by atoms with Crippen molar-refractivity contribution >= 4 is 23.5 Å². The fourth-order valence-corrected chi connectivity index (χ4v) is 6.31. The standard InChI is InChI=1S/C34H36ClFO7/c1-19(2)15-25(37)23-11-12-26-28(31(23)40-4)32(38)41-18-24-29(35)20(3)16-27(30(24)42-26)43-33(39)34(13-6-5-7-14-34)21-9-8-10-22(36)17-21/h8-12,16-17,19,25,37H,5-7,13-15,18H2,1-4H3/t25-/m0/s1. The molecule has 3 aromatic carbocycles. The molecule has 1 saturated carbocycles. The topological polar surface area (TPSA) is 91.3 Å². The second kappa shape index (κ2) is 12.5. The molecule has 0 unspecified atom stereocenters. The van der Waals surface area contributed by atoms with Crippen LogP contribution in [0.15, 0.2) is 42.5 Å². The maximum absolute atomic E-state index is 14.3. The summed E-state index contributed by atoms with van der Waals surface area (Å²) in [5.74, 6) is -0.985. The summed E-state index contributed by atoms with van der Waals surface area (Å²) >= 11 is 6.67. The summed E-state index contributed by atoms with van der Waals surface area (Å²) in [5, 5.41) is 11.2. The molecule has 1 fully saturated rings. The van der Waals surface area contributed by atoms with E-state index in [0.29, 0.717) is 46.5 Å². The van der Waals surface area contributed by atoms with Gasteiger partial charge in [0.2, 0.25) is 0 Å². The molecule has 0 aromatic heterocycles. The Kier molecular flexibility index (Phi) is 8.99. The van der Waals surface area contributed by atoms with Crippen molar-refractivity contribution in [3.05, 3.63) is 81.1 Å². The highest BCUT2D eigenvalue weighted by Gasteiger charge is 2.44. The molecule has 1 heterocycles. The van der Waals surface area contributed by atoms with Gasteiger partial charge in [-0.05, 0) is 73.6 Å². The van der Waals surface area contributed by atoms with E-state index >= 15 is 0 Å². The van der Waals surface area contributed by atoms with E-state index in [1.807, 2.05) is 13.8 Å². The van der Waals surface area contributed by atoms with E-state index in [1.54, 1.807) is 37.3 Å². The van der Waals surface area contributed by atoms with Crippen molar-refractivity contribution in [2.24, 2.45) is 5.92 Å². The Morgan fingerprint density at radius 3 is 2.56 bits per heavy atom. The van der Waals surface area contributed by atoms with Crippen LogP contribution in [0.1, 0.15) is 91.1 Å². The first-order valence-corrected chi connectivity index (χ1v) is 15.0. The molecule has 0 amide bonds. The number of ether oxygens (including phenoxy) is 4. The third-order valence-electron chi connectivity index (χ3n) is 8.31. The van der Waals surface area contributed by atoms with Crippen LogP contribution < -0.4 is 14.2 Å². The molecule has 0 spiro atoms. The quantitative estimate of drug-likeness (QED) is 0.213. The second-order valence-corrected chi connectivity index (χ2v) is 12.1. The van der Waals surface area contributed by atoms with E-state index in [1.165, 1.54) is 19.2 Å². The number of esters is 2. The van der Waals surface area contributed by atoms with E-state index in [-0.39, 0.29) is 41.1 Å². The molecule has 0 bridgehead atoms. The molecule has 5 rings (SSSR count). The number of halogens is 2. The lowest BCUT2D eigenvalue weighted by Crippen LogP contribution is -2.41. The van der Waals surface area contributed by atoms with Gasteiger partial charge in [-0.3, -0.25) is 4.79 Å². The van der Waals surface area contributed by atoms with Gasteiger partial charge < -0.3 is 24.1 Å². The van der Waals surface area contributed by atoms with E-state index in [2.05, 4.69) is 0 Å². The minimum atomic E-state index is -1.03. The number of aryl methyl sites for hydroxylation is 1. The summed E-state index contributed by atoms with van der Waals surface area (Å²) in [6.45, 7) is 5.47. The van der Waals surface area contributed by atoms with Crippen molar-refractivity contribution in [2.45, 2.75) is 77.4 Å². The minimum Gasteiger partial charge on any atom is -0.495 e. The number of methoxy groups -OCH3 is 1. The molecular formula is C34H36ClFO7. The molecule has 9 heteroatoms. The summed E-state index contributed by atoms with van der Waals surface area (Å²) in [7, 11) is 1.41. The smallest absolute Gasteiger partial charge is 0.346 e. The van der Waals surface area contributed by atoms with Crippen molar-refractivity contribution in [3.8, 4) is 23.0 Å². The van der Waals surface area contributed by atoms with Gasteiger partial charge in [0.1, 0.15) is 29.5 Å². The van der Waals surface area contributed by atoms with Gasteiger partial charge in [-0.1, -0.05) is 56.8 Å². The highest BCUT2D eigenvalue weighted by Crippen LogP contribution is 2.48. The van der Waals surface area contributed by atoms with Crippen LogP contribution in [0, 0.1) is 18.7 Å². The molecule has 3 aromatic rings. The van der Waals surface area contributed by atoms with E-state index in [9.17, 15) is 19.1 Å². The van der Waals surface area contributed by atoms with Gasteiger partial charge in [0.15, 0.2) is 11.5 Å². The SMILES string of the molecule is COc1c([C@@H](O)CC(C)C)ccc2c1C(=O)OCc1c(Cl)c(C)cc(OC(=O)C3(c4cccc(F)c4)CCCCC3)c1O2. The normalized spacial score (nSPS) is 16.6. The van der Waals surface area contributed by atoms with Crippen molar-refractivity contribution in [2.75, 3.05) is 7.11 Å². The molecule has 0 radical (unpaired) electrons. The number of aliphatic hydroxyl groups excluding tert-OH is 1. The van der Waals surface area contributed by atoms with E-state index in [4.69, 9.17) is 30.5 Å². The number of aliphatic hydroxyl groups is 1. The van der Waals surface area contributed by atoms with Crippen LogP contribution in [0.3, 0.4) is 0 Å². The number of carbonyl (C=O) groups excluding carboxylic acids is 2. The van der Waals surface area contributed by atoms with Gasteiger partial charge >= 0.3 is 11.9 Å². The monoisotopic (exact) mass is 610 g/mol. The largest absolute Gasteiger partial charge is 0.495 e.